The molecule has 1 heterocycles. The quantitative estimate of drug-likeness (QED) is 0.750. The smallest absolute Gasteiger partial charge is 0.0772 e. The summed E-state index contributed by atoms with van der Waals surface area (Å²) in [6, 6.07) is 2.17. The topological polar surface area (TPSA) is 60.9 Å². The van der Waals surface area contributed by atoms with Gasteiger partial charge >= 0.3 is 0 Å². The van der Waals surface area contributed by atoms with Crippen molar-refractivity contribution in [2.24, 2.45) is 5.92 Å². The summed E-state index contributed by atoms with van der Waals surface area (Å²) in [5, 5.41) is 20.7. The van der Waals surface area contributed by atoms with Gasteiger partial charge in [-0.1, -0.05) is 6.92 Å². The molecule has 4 heteroatoms. The molecule has 0 spiro atoms. The van der Waals surface area contributed by atoms with Gasteiger partial charge in [-0.3, -0.25) is 5.10 Å². The van der Waals surface area contributed by atoms with Gasteiger partial charge in [0.15, 0.2) is 0 Å². The Balaban J connectivity index is 1.81. The van der Waals surface area contributed by atoms with E-state index >= 15 is 0 Å². The second kappa shape index (κ2) is 5.19. The Morgan fingerprint density at radius 3 is 2.88 bits per heavy atom. The van der Waals surface area contributed by atoms with Gasteiger partial charge in [0.05, 0.1) is 11.3 Å². The van der Waals surface area contributed by atoms with Crippen LogP contribution in [0.25, 0.3) is 0 Å². The van der Waals surface area contributed by atoms with Crippen LogP contribution in [-0.4, -0.2) is 27.4 Å². The number of aromatic amines is 1. The van der Waals surface area contributed by atoms with Gasteiger partial charge in [0, 0.05) is 18.8 Å². The fourth-order valence-corrected chi connectivity index (χ4v) is 2.44. The van der Waals surface area contributed by atoms with Gasteiger partial charge in [-0.25, -0.2) is 0 Å². The Labute approximate surface area is 103 Å². The Morgan fingerprint density at radius 2 is 2.29 bits per heavy atom. The number of aliphatic hydroxyl groups is 1. The summed E-state index contributed by atoms with van der Waals surface area (Å²) >= 11 is 0. The third-order valence-electron chi connectivity index (χ3n) is 3.93. The second-order valence-electron chi connectivity index (χ2n) is 5.52. The first-order chi connectivity index (χ1) is 8.09. The van der Waals surface area contributed by atoms with E-state index in [0.717, 1.165) is 37.3 Å². The maximum atomic E-state index is 10.4. The number of hydrogen-bond donors (Lipinski definition) is 3. The number of nitrogens with one attached hydrogen (secondary N) is 2. The summed E-state index contributed by atoms with van der Waals surface area (Å²) in [6.07, 6.45) is 5.85. The average molecular weight is 237 g/mol. The predicted octanol–water partition coefficient (Wildman–Crippen LogP) is 2.00. The molecule has 1 fully saturated rings. The van der Waals surface area contributed by atoms with Crippen LogP contribution in [0.4, 0.5) is 0 Å². The maximum absolute atomic E-state index is 10.4. The van der Waals surface area contributed by atoms with Crippen molar-refractivity contribution in [2.45, 2.75) is 51.2 Å². The molecule has 1 atom stereocenters. The number of nitrogens with zero attached hydrogens (tertiary/aromatic N) is 1. The summed E-state index contributed by atoms with van der Waals surface area (Å²) in [7, 11) is 0. The molecule has 1 aliphatic carbocycles. The van der Waals surface area contributed by atoms with Gasteiger partial charge in [0.25, 0.3) is 0 Å². The SMILES string of the molecule is CC1CCC(O)(CNC(C)c2ccn[nH]2)CC1. The summed E-state index contributed by atoms with van der Waals surface area (Å²) < 4.78 is 0. The van der Waals surface area contributed by atoms with Crippen LogP contribution in [0.2, 0.25) is 0 Å². The van der Waals surface area contributed by atoms with Gasteiger partial charge < -0.3 is 10.4 Å². The van der Waals surface area contributed by atoms with Crippen LogP contribution in [0.3, 0.4) is 0 Å². The Kier molecular flexibility index (Phi) is 3.84. The van der Waals surface area contributed by atoms with E-state index in [9.17, 15) is 5.11 Å². The lowest BCUT2D eigenvalue weighted by Crippen LogP contribution is -2.44. The minimum Gasteiger partial charge on any atom is -0.389 e. The minimum atomic E-state index is -0.513. The second-order valence-corrected chi connectivity index (χ2v) is 5.52. The molecule has 1 aliphatic rings. The van der Waals surface area contributed by atoms with Gasteiger partial charge in [-0.15, -0.1) is 0 Å². The lowest BCUT2D eigenvalue weighted by atomic mass is 9.79. The van der Waals surface area contributed by atoms with E-state index in [1.807, 2.05) is 6.07 Å². The van der Waals surface area contributed by atoms with E-state index in [1.165, 1.54) is 0 Å². The van der Waals surface area contributed by atoms with Crippen LogP contribution in [-0.2, 0) is 0 Å². The van der Waals surface area contributed by atoms with E-state index in [0.29, 0.717) is 6.54 Å². The first-order valence-electron chi connectivity index (χ1n) is 6.54. The summed E-state index contributed by atoms with van der Waals surface area (Å²) in [6.45, 7) is 5.02. The van der Waals surface area contributed by atoms with Crippen molar-refractivity contribution in [3.05, 3.63) is 18.0 Å². The van der Waals surface area contributed by atoms with Gasteiger partial charge in [0.2, 0.25) is 0 Å². The van der Waals surface area contributed by atoms with Crippen molar-refractivity contribution < 1.29 is 5.11 Å². The van der Waals surface area contributed by atoms with Crippen molar-refractivity contribution >= 4 is 0 Å². The van der Waals surface area contributed by atoms with Crippen molar-refractivity contribution in [1.29, 1.82) is 0 Å². The van der Waals surface area contributed by atoms with Gasteiger partial charge in [-0.2, -0.15) is 5.10 Å². The number of hydrogen-bond acceptors (Lipinski definition) is 3. The van der Waals surface area contributed by atoms with Crippen LogP contribution in [0.5, 0.6) is 0 Å². The molecule has 0 amide bonds. The van der Waals surface area contributed by atoms with Crippen LogP contribution in [0.15, 0.2) is 12.3 Å². The number of H-pyrrole nitrogens is 1. The Bertz CT molecular complexity index is 328. The molecule has 1 aromatic heterocycles. The Hall–Kier alpha value is -0.870. The molecule has 0 saturated heterocycles. The summed E-state index contributed by atoms with van der Waals surface area (Å²) in [5.74, 6) is 0.764. The van der Waals surface area contributed by atoms with Crippen molar-refractivity contribution in [2.75, 3.05) is 6.54 Å². The summed E-state index contributed by atoms with van der Waals surface area (Å²) in [5.41, 5.74) is 0.554. The van der Waals surface area contributed by atoms with Crippen molar-refractivity contribution in [1.82, 2.24) is 15.5 Å². The maximum Gasteiger partial charge on any atom is 0.0772 e. The molecule has 0 aromatic carbocycles. The first kappa shape index (κ1) is 12.6. The Morgan fingerprint density at radius 1 is 1.59 bits per heavy atom. The highest BCUT2D eigenvalue weighted by Crippen LogP contribution is 2.31. The predicted molar refractivity (Wildman–Crippen MR) is 67.6 cm³/mol. The zero-order valence-electron chi connectivity index (χ0n) is 10.7. The third-order valence-corrected chi connectivity index (χ3v) is 3.93. The van der Waals surface area contributed by atoms with Crippen molar-refractivity contribution in [3.8, 4) is 0 Å². The highest BCUT2D eigenvalue weighted by molar-refractivity contribution is 5.03. The molecule has 1 saturated carbocycles. The molecular formula is C13H23N3O. The van der Waals surface area contributed by atoms with Gasteiger partial charge in [-0.05, 0) is 44.6 Å². The monoisotopic (exact) mass is 237 g/mol. The molecule has 0 bridgehead atoms. The van der Waals surface area contributed by atoms with E-state index < -0.39 is 5.60 Å². The number of rotatable bonds is 4. The lowest BCUT2D eigenvalue weighted by molar-refractivity contribution is -0.00791. The van der Waals surface area contributed by atoms with Crippen LogP contribution in [0.1, 0.15) is 51.3 Å². The fraction of sp³-hybridized carbons (Fsp3) is 0.769. The standard InChI is InChI=1S/C13H23N3O/c1-10-3-6-13(17,7-4-10)9-14-11(2)12-5-8-15-16-12/h5,8,10-11,14,17H,3-4,6-7,9H2,1-2H3,(H,15,16). The highest BCUT2D eigenvalue weighted by Gasteiger charge is 2.31. The molecule has 2 rings (SSSR count). The van der Waals surface area contributed by atoms with Crippen LogP contribution >= 0.6 is 0 Å². The number of aromatic nitrogens is 2. The molecule has 1 aromatic rings. The lowest BCUT2D eigenvalue weighted by Gasteiger charge is -2.35. The molecule has 3 N–H and O–H groups in total. The molecule has 4 nitrogen and oxygen atoms in total. The molecule has 0 aliphatic heterocycles. The molecule has 1 unspecified atom stereocenters. The van der Waals surface area contributed by atoms with E-state index in [2.05, 4.69) is 29.4 Å². The molecule has 96 valence electrons. The normalized spacial score (nSPS) is 31.4. The fourth-order valence-electron chi connectivity index (χ4n) is 2.44. The van der Waals surface area contributed by atoms with Gasteiger partial charge in [0.1, 0.15) is 0 Å². The van der Waals surface area contributed by atoms with Crippen LogP contribution in [0, 0.1) is 5.92 Å². The largest absolute Gasteiger partial charge is 0.389 e. The third kappa shape index (κ3) is 3.30. The molecule has 17 heavy (non-hydrogen) atoms. The highest BCUT2D eigenvalue weighted by atomic mass is 16.3. The van der Waals surface area contributed by atoms with E-state index in [1.54, 1.807) is 6.20 Å². The summed E-state index contributed by atoms with van der Waals surface area (Å²) in [4.78, 5) is 0. The zero-order chi connectivity index (χ0) is 12.3. The molecule has 0 radical (unpaired) electrons. The minimum absolute atomic E-state index is 0.209. The van der Waals surface area contributed by atoms with E-state index in [4.69, 9.17) is 0 Å². The first-order valence-corrected chi connectivity index (χ1v) is 6.54. The zero-order valence-corrected chi connectivity index (χ0v) is 10.7. The van der Waals surface area contributed by atoms with Crippen molar-refractivity contribution in [3.63, 3.8) is 0 Å². The van der Waals surface area contributed by atoms with E-state index in [-0.39, 0.29) is 6.04 Å². The average Bonchev–Trinajstić information content (AvgIpc) is 2.84. The van der Waals surface area contributed by atoms with Crippen LogP contribution < -0.4 is 5.32 Å². The molecular weight excluding hydrogens is 214 g/mol.